The molecule has 1 aromatic heterocycles. The number of hydrogen-bond acceptors (Lipinski definition) is 3. The van der Waals surface area contributed by atoms with Gasteiger partial charge in [-0.05, 0) is 29.8 Å². The van der Waals surface area contributed by atoms with Crippen LogP contribution in [0.5, 0.6) is 0 Å². The van der Waals surface area contributed by atoms with Crippen molar-refractivity contribution in [3.63, 3.8) is 0 Å². The molecule has 0 atom stereocenters. The smallest absolute Gasteiger partial charge is 0.166 e. The first kappa shape index (κ1) is 13.7. The zero-order chi connectivity index (χ0) is 14.5. The second kappa shape index (κ2) is 6.49. The van der Waals surface area contributed by atoms with Crippen LogP contribution < -0.4 is 5.73 Å². The van der Waals surface area contributed by atoms with Crippen LogP contribution in [0.4, 0.5) is 0 Å². The van der Waals surface area contributed by atoms with Gasteiger partial charge in [0.05, 0.1) is 17.6 Å². The molecule has 21 heavy (non-hydrogen) atoms. The lowest BCUT2D eigenvalue weighted by Crippen LogP contribution is -1.93. The first-order valence-electron chi connectivity index (χ1n) is 6.70. The summed E-state index contributed by atoms with van der Waals surface area (Å²) in [5.74, 6) is 6.76. The lowest BCUT2D eigenvalue weighted by atomic mass is 10.1. The maximum Gasteiger partial charge on any atom is 0.166 e. The van der Waals surface area contributed by atoms with Crippen molar-refractivity contribution in [3.05, 3.63) is 59.7 Å². The van der Waals surface area contributed by atoms with Crippen LogP contribution in [0.2, 0.25) is 0 Å². The number of nitrogens with one attached hydrogen (secondary N) is 1. The van der Waals surface area contributed by atoms with Gasteiger partial charge >= 0.3 is 0 Å². The van der Waals surface area contributed by atoms with Gasteiger partial charge in [0.25, 0.3) is 0 Å². The molecule has 1 heterocycles. The third-order valence-electron chi connectivity index (χ3n) is 3.03. The van der Waals surface area contributed by atoms with Crippen molar-refractivity contribution < 1.29 is 0 Å². The normalized spacial score (nSPS) is 10.3. The topological polar surface area (TPSA) is 54.7 Å². The number of fused-ring (bicyclic) bond motifs is 1. The summed E-state index contributed by atoms with van der Waals surface area (Å²) < 4.78 is 0. The minimum absolute atomic E-state index is 0.393. The third kappa shape index (κ3) is 3.46. The van der Waals surface area contributed by atoms with Gasteiger partial charge in [0.15, 0.2) is 5.16 Å². The van der Waals surface area contributed by atoms with E-state index in [2.05, 4.69) is 33.9 Å². The molecule has 3 aromatic rings. The van der Waals surface area contributed by atoms with E-state index in [1.54, 1.807) is 11.8 Å². The third-order valence-corrected chi connectivity index (χ3v) is 3.98. The zero-order valence-corrected chi connectivity index (χ0v) is 12.3. The summed E-state index contributed by atoms with van der Waals surface area (Å²) in [6.07, 6.45) is 0. The Kier molecular flexibility index (Phi) is 4.25. The number of hydrogen-bond donors (Lipinski definition) is 2. The van der Waals surface area contributed by atoms with Gasteiger partial charge in [-0.2, -0.15) is 0 Å². The molecule has 0 aliphatic carbocycles. The standard InChI is InChI=1S/C17H15N3S/c18-11-3-4-13-7-9-14(10-8-13)12-21-17-19-15-5-1-2-6-16(15)20-17/h1-2,5-10H,11-12,18H2,(H,19,20). The number of nitrogens with zero attached hydrogens (tertiary/aromatic N) is 1. The molecule has 3 nitrogen and oxygen atoms in total. The predicted octanol–water partition coefficient (Wildman–Crippen LogP) is 3.17. The van der Waals surface area contributed by atoms with Gasteiger partial charge in [-0.15, -0.1) is 0 Å². The van der Waals surface area contributed by atoms with Crippen molar-refractivity contribution in [1.82, 2.24) is 9.97 Å². The number of H-pyrrole nitrogens is 1. The summed E-state index contributed by atoms with van der Waals surface area (Å²) >= 11 is 1.70. The first-order chi connectivity index (χ1) is 10.3. The average Bonchev–Trinajstić information content (AvgIpc) is 2.95. The monoisotopic (exact) mass is 293 g/mol. The molecule has 0 aliphatic rings. The fourth-order valence-corrected chi connectivity index (χ4v) is 2.83. The van der Waals surface area contributed by atoms with E-state index in [4.69, 9.17) is 5.73 Å². The fourth-order valence-electron chi connectivity index (χ4n) is 1.99. The number of para-hydroxylation sites is 2. The molecule has 0 saturated heterocycles. The van der Waals surface area contributed by atoms with E-state index in [0.717, 1.165) is 27.5 Å². The Labute approximate surface area is 128 Å². The molecule has 0 spiro atoms. The van der Waals surface area contributed by atoms with Gasteiger partial charge in [0.1, 0.15) is 0 Å². The number of aromatic amines is 1. The summed E-state index contributed by atoms with van der Waals surface area (Å²) in [5.41, 5.74) is 9.69. The van der Waals surface area contributed by atoms with Crippen molar-refractivity contribution in [3.8, 4) is 11.8 Å². The number of aromatic nitrogens is 2. The van der Waals surface area contributed by atoms with Crippen molar-refractivity contribution >= 4 is 22.8 Å². The van der Waals surface area contributed by atoms with E-state index in [9.17, 15) is 0 Å². The molecule has 0 fully saturated rings. The highest BCUT2D eigenvalue weighted by atomic mass is 32.2. The van der Waals surface area contributed by atoms with Gasteiger partial charge in [0.2, 0.25) is 0 Å². The molecule has 104 valence electrons. The molecule has 0 bridgehead atoms. The van der Waals surface area contributed by atoms with Crippen LogP contribution in [0, 0.1) is 11.8 Å². The number of rotatable bonds is 3. The summed E-state index contributed by atoms with van der Waals surface area (Å²) in [4.78, 5) is 7.88. The van der Waals surface area contributed by atoms with E-state index in [1.165, 1.54) is 5.56 Å². The second-order valence-electron chi connectivity index (χ2n) is 4.55. The molecular weight excluding hydrogens is 278 g/mol. The van der Waals surface area contributed by atoms with E-state index in [-0.39, 0.29) is 0 Å². The average molecular weight is 293 g/mol. The lowest BCUT2D eigenvalue weighted by molar-refractivity contribution is 1.08. The highest BCUT2D eigenvalue weighted by molar-refractivity contribution is 7.98. The van der Waals surface area contributed by atoms with Crippen molar-refractivity contribution in [1.29, 1.82) is 0 Å². The first-order valence-corrected chi connectivity index (χ1v) is 7.69. The molecule has 0 unspecified atom stereocenters. The Morgan fingerprint density at radius 3 is 2.67 bits per heavy atom. The molecule has 0 radical (unpaired) electrons. The highest BCUT2D eigenvalue weighted by Crippen LogP contribution is 2.22. The van der Waals surface area contributed by atoms with Crippen LogP contribution in [-0.4, -0.2) is 16.5 Å². The summed E-state index contributed by atoms with van der Waals surface area (Å²) in [5, 5.41) is 0.947. The Morgan fingerprint density at radius 1 is 1.10 bits per heavy atom. The zero-order valence-electron chi connectivity index (χ0n) is 11.5. The summed E-state index contributed by atoms with van der Waals surface area (Å²) in [6, 6.07) is 16.3. The minimum atomic E-state index is 0.393. The predicted molar refractivity (Wildman–Crippen MR) is 88.0 cm³/mol. The maximum absolute atomic E-state index is 5.36. The Morgan fingerprint density at radius 2 is 1.90 bits per heavy atom. The molecule has 0 aliphatic heterocycles. The Hall–Kier alpha value is -2.22. The van der Waals surface area contributed by atoms with E-state index < -0.39 is 0 Å². The molecule has 0 saturated carbocycles. The van der Waals surface area contributed by atoms with Crippen LogP contribution >= 0.6 is 11.8 Å². The van der Waals surface area contributed by atoms with Gasteiger partial charge in [-0.25, -0.2) is 4.98 Å². The molecule has 0 amide bonds. The van der Waals surface area contributed by atoms with E-state index >= 15 is 0 Å². The van der Waals surface area contributed by atoms with Gasteiger partial charge < -0.3 is 10.7 Å². The van der Waals surface area contributed by atoms with Gasteiger partial charge in [-0.3, -0.25) is 0 Å². The fraction of sp³-hybridized carbons (Fsp3) is 0.118. The van der Waals surface area contributed by atoms with Crippen LogP contribution in [0.3, 0.4) is 0 Å². The van der Waals surface area contributed by atoms with E-state index in [0.29, 0.717) is 6.54 Å². The van der Waals surface area contributed by atoms with Gasteiger partial charge in [0, 0.05) is 11.3 Å². The van der Waals surface area contributed by atoms with Crippen LogP contribution in [0.25, 0.3) is 11.0 Å². The Balaban J connectivity index is 1.66. The minimum Gasteiger partial charge on any atom is -0.333 e. The molecule has 3 rings (SSSR count). The van der Waals surface area contributed by atoms with Crippen LogP contribution in [0.1, 0.15) is 11.1 Å². The second-order valence-corrected chi connectivity index (χ2v) is 5.51. The van der Waals surface area contributed by atoms with Gasteiger partial charge in [-0.1, -0.05) is 47.9 Å². The largest absolute Gasteiger partial charge is 0.333 e. The lowest BCUT2D eigenvalue weighted by Gasteiger charge is -1.99. The molecular formula is C17H15N3S. The number of nitrogens with two attached hydrogens (primary N) is 1. The number of thioether (sulfide) groups is 1. The van der Waals surface area contributed by atoms with Crippen LogP contribution in [-0.2, 0) is 5.75 Å². The highest BCUT2D eigenvalue weighted by Gasteiger charge is 2.03. The van der Waals surface area contributed by atoms with E-state index in [1.807, 2.05) is 36.4 Å². The molecule has 3 N–H and O–H groups in total. The SMILES string of the molecule is NCC#Cc1ccc(CSc2nc3ccccc3[nH]2)cc1. The number of imidazole rings is 1. The summed E-state index contributed by atoms with van der Waals surface area (Å²) in [6.45, 7) is 0.393. The van der Waals surface area contributed by atoms with Crippen LogP contribution in [0.15, 0.2) is 53.7 Å². The summed E-state index contributed by atoms with van der Waals surface area (Å²) in [7, 11) is 0. The molecule has 2 aromatic carbocycles. The van der Waals surface area contributed by atoms with Crippen molar-refractivity contribution in [2.75, 3.05) is 6.54 Å². The van der Waals surface area contributed by atoms with Crippen molar-refractivity contribution in [2.45, 2.75) is 10.9 Å². The maximum atomic E-state index is 5.36. The molecule has 4 heteroatoms. The van der Waals surface area contributed by atoms with Crippen molar-refractivity contribution in [2.24, 2.45) is 5.73 Å². The Bertz CT molecular complexity index is 761. The quantitative estimate of drug-likeness (QED) is 0.576. The number of benzene rings is 2.